The van der Waals surface area contributed by atoms with Crippen LogP contribution in [0.25, 0.3) is 21.8 Å². The number of nitrogens with zero attached hydrogens (tertiary/aromatic N) is 4. The molecule has 34 heavy (non-hydrogen) atoms. The van der Waals surface area contributed by atoms with Crippen LogP contribution in [0.2, 0.25) is 0 Å². The molecular formula is C28H26N4O2. The van der Waals surface area contributed by atoms with Gasteiger partial charge in [0.2, 0.25) is 0 Å². The highest BCUT2D eigenvalue weighted by atomic mass is 16.5. The minimum absolute atomic E-state index is 0.126. The lowest BCUT2D eigenvalue weighted by Crippen LogP contribution is -2.28. The average molecular weight is 451 g/mol. The predicted molar refractivity (Wildman–Crippen MR) is 134 cm³/mol. The molecule has 6 heteroatoms. The summed E-state index contributed by atoms with van der Waals surface area (Å²) in [5, 5.41) is 2.29. The summed E-state index contributed by atoms with van der Waals surface area (Å²) in [5.41, 5.74) is 2.41. The number of ether oxygens (including phenoxy) is 1. The number of amides is 1. The van der Waals surface area contributed by atoms with Crippen LogP contribution in [0.3, 0.4) is 0 Å². The van der Waals surface area contributed by atoms with Gasteiger partial charge in [-0.15, -0.1) is 0 Å². The molecule has 3 aromatic carbocycles. The number of hydrogen-bond donors (Lipinski definition) is 0. The highest BCUT2D eigenvalue weighted by Crippen LogP contribution is 2.25. The average Bonchev–Trinajstić information content (AvgIpc) is 3.23. The number of aromatic nitrogens is 3. The van der Waals surface area contributed by atoms with Gasteiger partial charge in [-0.05, 0) is 42.1 Å². The zero-order chi connectivity index (χ0) is 23.3. The van der Waals surface area contributed by atoms with Gasteiger partial charge in [0.25, 0.3) is 5.91 Å². The number of hydrogen-bond acceptors (Lipinski definition) is 4. The van der Waals surface area contributed by atoms with Crippen LogP contribution in [0.15, 0.2) is 91.1 Å². The summed E-state index contributed by atoms with van der Waals surface area (Å²) >= 11 is 0. The fourth-order valence-corrected chi connectivity index (χ4v) is 4.19. The molecule has 170 valence electrons. The molecular weight excluding hydrogens is 424 g/mol. The number of pyridine rings is 1. The number of fused-ring (bicyclic) bond motifs is 2. The maximum Gasteiger partial charge on any atom is 0.272 e. The van der Waals surface area contributed by atoms with Gasteiger partial charge in [-0.2, -0.15) is 0 Å². The second-order valence-corrected chi connectivity index (χ2v) is 8.22. The topological polar surface area (TPSA) is 60.2 Å². The molecule has 0 spiro atoms. The summed E-state index contributed by atoms with van der Waals surface area (Å²) in [5.74, 6) is 1.62. The SMILES string of the molecule is CN(Cc1nc2ccccc2n1CCCOc1cccc2ccccc12)C(=O)c1ccccn1. The Kier molecular flexibility index (Phi) is 6.21. The Bertz CT molecular complexity index is 1420. The fourth-order valence-electron chi connectivity index (χ4n) is 4.19. The Morgan fingerprint density at radius 1 is 0.941 bits per heavy atom. The van der Waals surface area contributed by atoms with Crippen LogP contribution in [-0.4, -0.2) is 39.0 Å². The third-order valence-corrected chi connectivity index (χ3v) is 5.88. The summed E-state index contributed by atoms with van der Waals surface area (Å²) in [6.45, 7) is 1.73. The summed E-state index contributed by atoms with van der Waals surface area (Å²) in [7, 11) is 1.78. The van der Waals surface area contributed by atoms with Crippen molar-refractivity contribution in [3.63, 3.8) is 0 Å². The molecule has 2 heterocycles. The highest BCUT2D eigenvalue weighted by Gasteiger charge is 2.17. The first kappa shape index (κ1) is 21.6. The van der Waals surface area contributed by atoms with E-state index in [1.54, 1.807) is 30.3 Å². The standard InChI is InChI=1S/C28H26N4O2/c1-31(28(33)24-14-6-7-17-29-24)20-27-30-23-13-4-5-15-25(23)32(27)18-9-19-34-26-16-8-11-21-10-2-3-12-22(21)26/h2-8,10-17H,9,18-20H2,1H3. The molecule has 0 unspecified atom stereocenters. The van der Waals surface area contributed by atoms with E-state index in [1.807, 2.05) is 48.5 Å². The molecule has 0 aliphatic carbocycles. The molecule has 0 saturated heterocycles. The molecule has 0 N–H and O–H groups in total. The van der Waals surface area contributed by atoms with Crippen molar-refractivity contribution < 1.29 is 9.53 Å². The van der Waals surface area contributed by atoms with Crippen molar-refractivity contribution in [2.24, 2.45) is 0 Å². The summed E-state index contributed by atoms with van der Waals surface area (Å²) in [6.07, 6.45) is 2.45. The quantitative estimate of drug-likeness (QED) is 0.300. The molecule has 0 aliphatic heterocycles. The maximum absolute atomic E-state index is 12.8. The monoisotopic (exact) mass is 450 g/mol. The normalized spacial score (nSPS) is 11.1. The van der Waals surface area contributed by atoms with Gasteiger partial charge in [-0.1, -0.05) is 54.6 Å². The molecule has 0 bridgehead atoms. The first-order valence-corrected chi connectivity index (χ1v) is 11.4. The molecule has 6 nitrogen and oxygen atoms in total. The van der Waals surface area contributed by atoms with E-state index in [9.17, 15) is 4.79 Å². The van der Waals surface area contributed by atoms with E-state index >= 15 is 0 Å². The molecule has 2 aromatic heterocycles. The van der Waals surface area contributed by atoms with Gasteiger partial charge in [-0.3, -0.25) is 9.78 Å². The van der Waals surface area contributed by atoms with E-state index in [1.165, 1.54) is 5.39 Å². The number of carbonyl (C=O) groups is 1. The number of imidazole rings is 1. The zero-order valence-corrected chi connectivity index (χ0v) is 19.1. The van der Waals surface area contributed by atoms with Crippen molar-refractivity contribution in [2.75, 3.05) is 13.7 Å². The van der Waals surface area contributed by atoms with Crippen LogP contribution in [-0.2, 0) is 13.1 Å². The number of benzene rings is 3. The van der Waals surface area contributed by atoms with Gasteiger partial charge in [0.15, 0.2) is 0 Å². The number of rotatable bonds is 8. The maximum atomic E-state index is 12.8. The summed E-state index contributed by atoms with van der Waals surface area (Å²) in [4.78, 5) is 23.5. The number of aryl methyl sites for hydroxylation is 1. The molecule has 0 radical (unpaired) electrons. The Morgan fingerprint density at radius 2 is 1.74 bits per heavy atom. The third-order valence-electron chi connectivity index (χ3n) is 5.88. The van der Waals surface area contributed by atoms with E-state index in [0.29, 0.717) is 18.8 Å². The van der Waals surface area contributed by atoms with E-state index in [-0.39, 0.29) is 5.91 Å². The predicted octanol–water partition coefficient (Wildman–Crippen LogP) is 5.33. The van der Waals surface area contributed by atoms with Crippen molar-refractivity contribution >= 4 is 27.7 Å². The lowest BCUT2D eigenvalue weighted by Gasteiger charge is -2.18. The van der Waals surface area contributed by atoms with Crippen LogP contribution in [0, 0.1) is 0 Å². The Morgan fingerprint density at radius 3 is 2.62 bits per heavy atom. The van der Waals surface area contributed by atoms with Gasteiger partial charge in [-0.25, -0.2) is 4.98 Å². The van der Waals surface area contributed by atoms with E-state index in [2.05, 4.69) is 33.8 Å². The molecule has 5 rings (SSSR count). The van der Waals surface area contributed by atoms with Crippen LogP contribution < -0.4 is 4.74 Å². The van der Waals surface area contributed by atoms with Gasteiger partial charge in [0, 0.05) is 25.2 Å². The lowest BCUT2D eigenvalue weighted by atomic mass is 10.1. The van der Waals surface area contributed by atoms with Crippen LogP contribution >= 0.6 is 0 Å². The lowest BCUT2D eigenvalue weighted by molar-refractivity contribution is 0.0774. The Balaban J connectivity index is 1.30. The van der Waals surface area contributed by atoms with Gasteiger partial charge in [0.1, 0.15) is 17.3 Å². The number of carbonyl (C=O) groups excluding carboxylic acids is 1. The van der Waals surface area contributed by atoms with Crippen LogP contribution in [0.4, 0.5) is 0 Å². The first-order valence-electron chi connectivity index (χ1n) is 11.4. The highest BCUT2D eigenvalue weighted by molar-refractivity contribution is 5.92. The van der Waals surface area contributed by atoms with E-state index in [4.69, 9.17) is 9.72 Å². The second kappa shape index (κ2) is 9.75. The minimum Gasteiger partial charge on any atom is -0.493 e. The molecule has 0 fully saturated rings. The molecule has 5 aromatic rings. The largest absolute Gasteiger partial charge is 0.493 e. The first-order chi connectivity index (χ1) is 16.7. The smallest absolute Gasteiger partial charge is 0.272 e. The Hall–Kier alpha value is -4.19. The molecule has 0 saturated carbocycles. The summed E-state index contributed by atoms with van der Waals surface area (Å²) < 4.78 is 8.32. The molecule has 1 amide bonds. The van der Waals surface area contributed by atoms with Gasteiger partial charge < -0.3 is 14.2 Å². The minimum atomic E-state index is -0.126. The Labute approximate surface area is 198 Å². The van der Waals surface area contributed by atoms with Crippen LogP contribution in [0.5, 0.6) is 5.75 Å². The van der Waals surface area contributed by atoms with Crippen molar-refractivity contribution in [1.82, 2.24) is 19.4 Å². The fraction of sp³-hybridized carbons (Fsp3) is 0.179. The van der Waals surface area contributed by atoms with Gasteiger partial charge in [0.05, 0.1) is 24.2 Å². The van der Waals surface area contributed by atoms with Crippen LogP contribution in [0.1, 0.15) is 22.7 Å². The molecule has 0 aliphatic rings. The number of para-hydroxylation sites is 2. The van der Waals surface area contributed by atoms with E-state index in [0.717, 1.165) is 41.0 Å². The van der Waals surface area contributed by atoms with Crippen molar-refractivity contribution in [2.45, 2.75) is 19.5 Å². The van der Waals surface area contributed by atoms with Crippen molar-refractivity contribution in [3.8, 4) is 5.75 Å². The molecule has 0 atom stereocenters. The van der Waals surface area contributed by atoms with Crippen molar-refractivity contribution in [1.29, 1.82) is 0 Å². The second-order valence-electron chi connectivity index (χ2n) is 8.22. The van der Waals surface area contributed by atoms with E-state index < -0.39 is 0 Å². The van der Waals surface area contributed by atoms with Crippen molar-refractivity contribution in [3.05, 3.63) is 103 Å². The zero-order valence-electron chi connectivity index (χ0n) is 19.1. The summed E-state index contributed by atoms with van der Waals surface area (Å²) in [6, 6.07) is 27.8. The van der Waals surface area contributed by atoms with Gasteiger partial charge >= 0.3 is 0 Å². The third kappa shape index (κ3) is 4.48.